The molecule has 0 fully saturated rings. The molecule has 0 atom stereocenters. The van der Waals surface area contributed by atoms with Gasteiger partial charge in [-0.25, -0.2) is 0 Å². The molecular weight excluding hydrogens is 286 g/mol. The van der Waals surface area contributed by atoms with Gasteiger partial charge in [0.05, 0.1) is 5.75 Å². The number of benzene rings is 2. The van der Waals surface area contributed by atoms with E-state index in [1.807, 2.05) is 30.3 Å². The van der Waals surface area contributed by atoms with Gasteiger partial charge in [-0.15, -0.1) is 0 Å². The molecule has 1 aliphatic rings. The minimum atomic E-state index is -3.88. The van der Waals surface area contributed by atoms with Crippen LogP contribution in [-0.4, -0.2) is 18.7 Å². The number of fused-ring (bicyclic) bond motifs is 2. The first-order valence-corrected chi connectivity index (χ1v) is 8.55. The molecule has 0 spiro atoms. The molecule has 0 bridgehead atoms. The van der Waals surface area contributed by atoms with Crippen molar-refractivity contribution < 1.29 is 13.0 Å². The van der Waals surface area contributed by atoms with Crippen LogP contribution in [0.1, 0.15) is 23.1 Å². The van der Waals surface area contributed by atoms with Gasteiger partial charge in [-0.3, -0.25) is 4.55 Å². The van der Waals surface area contributed by atoms with Crippen LogP contribution < -0.4 is 5.32 Å². The zero-order valence-corrected chi connectivity index (χ0v) is 12.4. The van der Waals surface area contributed by atoms with E-state index in [1.165, 1.54) is 11.1 Å². The smallest absolute Gasteiger partial charge is 0.264 e. The molecule has 0 aromatic heterocycles. The lowest BCUT2D eigenvalue weighted by atomic mass is 9.92. The number of rotatable bonds is 4. The van der Waals surface area contributed by atoms with E-state index in [2.05, 4.69) is 17.4 Å². The Morgan fingerprint density at radius 3 is 2.62 bits per heavy atom. The molecule has 0 saturated heterocycles. The van der Waals surface area contributed by atoms with Gasteiger partial charge in [0.25, 0.3) is 10.1 Å². The molecule has 110 valence electrons. The fourth-order valence-electron chi connectivity index (χ4n) is 2.77. The lowest BCUT2D eigenvalue weighted by molar-refractivity contribution is 0.481. The van der Waals surface area contributed by atoms with E-state index >= 15 is 0 Å². The van der Waals surface area contributed by atoms with Crippen LogP contribution in [0.15, 0.2) is 42.5 Å². The van der Waals surface area contributed by atoms with Gasteiger partial charge in [0.2, 0.25) is 0 Å². The summed E-state index contributed by atoms with van der Waals surface area (Å²) in [6, 6.07) is 14.2. The van der Waals surface area contributed by atoms with Gasteiger partial charge in [0.15, 0.2) is 0 Å². The first-order valence-electron chi connectivity index (χ1n) is 6.94. The van der Waals surface area contributed by atoms with Crippen molar-refractivity contribution in [3.63, 3.8) is 0 Å². The summed E-state index contributed by atoms with van der Waals surface area (Å²) in [5, 5.41) is 3.42. The highest BCUT2D eigenvalue weighted by molar-refractivity contribution is 7.85. The van der Waals surface area contributed by atoms with Crippen molar-refractivity contribution in [3.8, 4) is 0 Å². The third-order valence-electron chi connectivity index (χ3n) is 3.78. The fraction of sp³-hybridized carbons (Fsp3) is 0.250. The number of anilines is 2. The Morgan fingerprint density at radius 2 is 1.81 bits per heavy atom. The Labute approximate surface area is 124 Å². The zero-order chi connectivity index (χ0) is 14.9. The second-order valence-electron chi connectivity index (χ2n) is 5.29. The van der Waals surface area contributed by atoms with Crippen LogP contribution in [0.2, 0.25) is 0 Å². The summed E-state index contributed by atoms with van der Waals surface area (Å²) in [6.07, 6.45) is 1.92. The van der Waals surface area contributed by atoms with Crippen molar-refractivity contribution in [1.82, 2.24) is 0 Å². The van der Waals surface area contributed by atoms with Crippen molar-refractivity contribution in [3.05, 3.63) is 59.2 Å². The summed E-state index contributed by atoms with van der Waals surface area (Å²) in [5.41, 5.74) is 5.80. The van der Waals surface area contributed by atoms with E-state index in [9.17, 15) is 8.42 Å². The Bertz CT molecular complexity index is 769. The SMILES string of the molecule is O=S(=O)(O)CCCc1cccc2c1Cc1ccccc1N2. The summed E-state index contributed by atoms with van der Waals surface area (Å²) in [7, 11) is -3.88. The van der Waals surface area contributed by atoms with Gasteiger partial charge in [0.1, 0.15) is 0 Å². The van der Waals surface area contributed by atoms with Gasteiger partial charge < -0.3 is 5.32 Å². The fourth-order valence-corrected chi connectivity index (χ4v) is 3.28. The van der Waals surface area contributed by atoms with Crippen molar-refractivity contribution in [2.75, 3.05) is 11.1 Å². The maximum absolute atomic E-state index is 10.8. The monoisotopic (exact) mass is 303 g/mol. The molecule has 0 amide bonds. The Kier molecular flexibility index (Phi) is 3.69. The number of nitrogens with one attached hydrogen (secondary N) is 1. The van der Waals surface area contributed by atoms with Crippen molar-refractivity contribution >= 4 is 21.5 Å². The molecular formula is C16H17NO3S. The molecule has 4 nitrogen and oxygen atoms in total. The topological polar surface area (TPSA) is 66.4 Å². The zero-order valence-electron chi connectivity index (χ0n) is 11.5. The highest BCUT2D eigenvalue weighted by Gasteiger charge is 2.17. The van der Waals surface area contributed by atoms with Crippen LogP contribution >= 0.6 is 0 Å². The van der Waals surface area contributed by atoms with Crippen LogP contribution in [0, 0.1) is 0 Å². The van der Waals surface area contributed by atoms with Gasteiger partial charge in [0, 0.05) is 17.8 Å². The van der Waals surface area contributed by atoms with E-state index in [4.69, 9.17) is 4.55 Å². The molecule has 21 heavy (non-hydrogen) atoms. The number of hydrogen-bond acceptors (Lipinski definition) is 3. The van der Waals surface area contributed by atoms with E-state index in [0.29, 0.717) is 12.8 Å². The predicted molar refractivity (Wildman–Crippen MR) is 83.7 cm³/mol. The van der Waals surface area contributed by atoms with E-state index in [0.717, 1.165) is 23.4 Å². The molecule has 0 aliphatic carbocycles. The van der Waals surface area contributed by atoms with Crippen LogP contribution in [0.3, 0.4) is 0 Å². The predicted octanol–water partition coefficient (Wildman–Crippen LogP) is 3.15. The molecule has 0 unspecified atom stereocenters. The van der Waals surface area contributed by atoms with Gasteiger partial charge >= 0.3 is 0 Å². The number of hydrogen-bond donors (Lipinski definition) is 2. The van der Waals surface area contributed by atoms with Gasteiger partial charge in [-0.1, -0.05) is 30.3 Å². The van der Waals surface area contributed by atoms with Crippen molar-refractivity contribution in [2.45, 2.75) is 19.3 Å². The maximum atomic E-state index is 10.8. The molecule has 3 rings (SSSR count). The van der Waals surface area contributed by atoms with Gasteiger partial charge in [-0.2, -0.15) is 8.42 Å². The third kappa shape index (κ3) is 3.25. The summed E-state index contributed by atoms with van der Waals surface area (Å²) >= 11 is 0. The first kappa shape index (κ1) is 14.1. The second-order valence-corrected chi connectivity index (χ2v) is 6.86. The molecule has 0 radical (unpaired) electrons. The quantitative estimate of drug-likeness (QED) is 0.727. The molecule has 2 aromatic carbocycles. The van der Waals surface area contributed by atoms with E-state index in [-0.39, 0.29) is 5.75 Å². The third-order valence-corrected chi connectivity index (χ3v) is 4.58. The van der Waals surface area contributed by atoms with Crippen molar-refractivity contribution in [2.24, 2.45) is 0 Å². The standard InChI is InChI=1S/C16H17NO3S/c18-21(19,20)10-4-7-12-6-3-9-16-14(12)11-13-5-1-2-8-15(13)17-16/h1-3,5-6,8-9,17H,4,7,10-11H2,(H,18,19,20). The average Bonchev–Trinajstić information content (AvgIpc) is 2.44. The minimum Gasteiger partial charge on any atom is -0.355 e. The molecule has 5 heteroatoms. The Morgan fingerprint density at radius 1 is 1.05 bits per heavy atom. The Balaban J connectivity index is 1.83. The van der Waals surface area contributed by atoms with Crippen LogP contribution in [-0.2, 0) is 23.0 Å². The molecule has 2 N–H and O–H groups in total. The molecule has 1 aliphatic heterocycles. The summed E-state index contributed by atoms with van der Waals surface area (Å²) in [4.78, 5) is 0. The van der Waals surface area contributed by atoms with E-state index in [1.54, 1.807) is 0 Å². The summed E-state index contributed by atoms with van der Waals surface area (Å²) in [6.45, 7) is 0. The average molecular weight is 303 g/mol. The largest absolute Gasteiger partial charge is 0.355 e. The summed E-state index contributed by atoms with van der Waals surface area (Å²) < 4.78 is 30.5. The number of aryl methyl sites for hydroxylation is 1. The van der Waals surface area contributed by atoms with Crippen molar-refractivity contribution in [1.29, 1.82) is 0 Å². The second kappa shape index (κ2) is 5.50. The molecule has 0 saturated carbocycles. The highest BCUT2D eigenvalue weighted by atomic mass is 32.2. The Hall–Kier alpha value is -1.85. The van der Waals surface area contributed by atoms with E-state index < -0.39 is 10.1 Å². The lowest BCUT2D eigenvalue weighted by Crippen LogP contribution is -2.10. The highest BCUT2D eigenvalue weighted by Crippen LogP contribution is 2.34. The molecule has 2 aromatic rings. The maximum Gasteiger partial charge on any atom is 0.264 e. The number of para-hydroxylation sites is 1. The van der Waals surface area contributed by atoms with Gasteiger partial charge in [-0.05, 0) is 41.7 Å². The normalized spacial score (nSPS) is 13.2. The molecule has 1 heterocycles. The first-order chi connectivity index (χ1) is 10.0. The van der Waals surface area contributed by atoms with Crippen LogP contribution in [0.25, 0.3) is 0 Å². The van der Waals surface area contributed by atoms with Crippen LogP contribution in [0.5, 0.6) is 0 Å². The van der Waals surface area contributed by atoms with Crippen LogP contribution in [0.4, 0.5) is 11.4 Å². The minimum absolute atomic E-state index is 0.194. The lowest BCUT2D eigenvalue weighted by Gasteiger charge is -2.23. The summed E-state index contributed by atoms with van der Waals surface area (Å²) in [5.74, 6) is -0.194.